The molecular formula is C24H13Cl2NO3. The van der Waals surface area contributed by atoms with E-state index >= 15 is 0 Å². The maximum atomic E-state index is 12.4. The molecule has 0 spiro atoms. The Bertz CT molecular complexity index is 1360. The van der Waals surface area contributed by atoms with E-state index in [1.54, 1.807) is 36.4 Å². The lowest BCUT2D eigenvalue weighted by molar-refractivity contribution is -0.129. The quantitative estimate of drug-likeness (QED) is 0.265. The van der Waals surface area contributed by atoms with Crippen LogP contribution in [0, 0.1) is 0 Å². The van der Waals surface area contributed by atoms with Crippen molar-refractivity contribution in [2.75, 3.05) is 0 Å². The molecule has 0 unspecified atom stereocenters. The standard InChI is InChI=1S/C24H13Cl2NO3/c25-15-8-10-19(20(26)12-15)22-11-9-16(29-22)13-21-24(28)30-23(27-21)18-7-3-5-14-4-1-2-6-17(14)18/h1-13H. The molecule has 30 heavy (non-hydrogen) atoms. The van der Waals surface area contributed by atoms with Gasteiger partial charge in [0.2, 0.25) is 5.90 Å². The number of rotatable bonds is 3. The maximum absolute atomic E-state index is 12.4. The van der Waals surface area contributed by atoms with Crippen LogP contribution in [-0.2, 0) is 9.53 Å². The first-order valence-corrected chi connectivity index (χ1v) is 9.90. The number of carbonyl (C=O) groups is 1. The van der Waals surface area contributed by atoms with Crippen LogP contribution in [0.2, 0.25) is 10.0 Å². The number of furan rings is 1. The number of fused-ring (bicyclic) bond motifs is 1. The summed E-state index contributed by atoms with van der Waals surface area (Å²) in [7, 11) is 0. The van der Waals surface area contributed by atoms with Crippen LogP contribution < -0.4 is 0 Å². The van der Waals surface area contributed by atoms with Gasteiger partial charge < -0.3 is 9.15 Å². The molecule has 0 bridgehead atoms. The van der Waals surface area contributed by atoms with Gasteiger partial charge in [-0.05, 0) is 47.2 Å². The molecule has 5 rings (SSSR count). The highest BCUT2D eigenvalue weighted by Crippen LogP contribution is 2.32. The third kappa shape index (κ3) is 3.41. The molecule has 0 aliphatic carbocycles. The van der Waals surface area contributed by atoms with E-state index in [9.17, 15) is 4.79 Å². The number of cyclic esters (lactones) is 1. The van der Waals surface area contributed by atoms with E-state index in [4.69, 9.17) is 32.4 Å². The van der Waals surface area contributed by atoms with Gasteiger partial charge in [-0.1, -0.05) is 59.6 Å². The Hall–Kier alpha value is -3.34. The molecule has 1 aliphatic rings. The van der Waals surface area contributed by atoms with E-state index in [0.29, 0.717) is 27.1 Å². The smallest absolute Gasteiger partial charge is 0.363 e. The van der Waals surface area contributed by atoms with Crippen molar-refractivity contribution in [1.82, 2.24) is 0 Å². The van der Waals surface area contributed by atoms with Gasteiger partial charge >= 0.3 is 5.97 Å². The summed E-state index contributed by atoms with van der Waals surface area (Å²) in [5.74, 6) is 0.773. The second kappa shape index (κ2) is 7.48. The molecule has 0 N–H and O–H groups in total. The maximum Gasteiger partial charge on any atom is 0.363 e. The topological polar surface area (TPSA) is 51.8 Å². The van der Waals surface area contributed by atoms with Crippen molar-refractivity contribution in [1.29, 1.82) is 0 Å². The molecule has 146 valence electrons. The Kier molecular flexibility index (Phi) is 4.66. The largest absolute Gasteiger partial charge is 0.457 e. The minimum atomic E-state index is -0.527. The summed E-state index contributed by atoms with van der Waals surface area (Å²) in [6.07, 6.45) is 1.55. The molecule has 6 heteroatoms. The number of hydrogen-bond donors (Lipinski definition) is 0. The number of esters is 1. The molecule has 0 amide bonds. The first kappa shape index (κ1) is 18.7. The molecule has 0 radical (unpaired) electrons. The Labute approximate surface area is 182 Å². The number of ether oxygens (including phenoxy) is 1. The van der Waals surface area contributed by atoms with Crippen LogP contribution in [0.5, 0.6) is 0 Å². The van der Waals surface area contributed by atoms with Crippen molar-refractivity contribution in [3.8, 4) is 11.3 Å². The third-order valence-electron chi connectivity index (χ3n) is 4.74. The molecular weight excluding hydrogens is 421 g/mol. The fourth-order valence-corrected chi connectivity index (χ4v) is 3.84. The van der Waals surface area contributed by atoms with Crippen molar-refractivity contribution in [3.63, 3.8) is 0 Å². The number of benzene rings is 3. The van der Waals surface area contributed by atoms with Gasteiger partial charge in [0, 0.05) is 22.2 Å². The highest BCUT2D eigenvalue weighted by atomic mass is 35.5. The summed E-state index contributed by atoms with van der Waals surface area (Å²) in [6.45, 7) is 0. The Balaban J connectivity index is 1.50. The van der Waals surface area contributed by atoms with Crippen molar-refractivity contribution in [2.45, 2.75) is 0 Å². The van der Waals surface area contributed by atoms with Gasteiger partial charge in [-0.3, -0.25) is 0 Å². The van der Waals surface area contributed by atoms with Crippen LogP contribution in [0.3, 0.4) is 0 Å². The summed E-state index contributed by atoms with van der Waals surface area (Å²) in [5, 5.41) is 3.03. The van der Waals surface area contributed by atoms with Gasteiger partial charge in [0.1, 0.15) is 11.5 Å². The first-order valence-electron chi connectivity index (χ1n) is 9.14. The zero-order chi connectivity index (χ0) is 20.7. The Morgan fingerprint density at radius 2 is 1.70 bits per heavy atom. The van der Waals surface area contributed by atoms with Crippen LogP contribution in [0.1, 0.15) is 11.3 Å². The van der Waals surface area contributed by atoms with Gasteiger partial charge in [-0.2, -0.15) is 0 Å². The van der Waals surface area contributed by atoms with Crippen molar-refractivity contribution >= 4 is 51.9 Å². The second-order valence-corrected chi connectivity index (χ2v) is 7.53. The van der Waals surface area contributed by atoms with E-state index in [-0.39, 0.29) is 11.6 Å². The average molecular weight is 434 g/mol. The Morgan fingerprint density at radius 1 is 0.867 bits per heavy atom. The van der Waals surface area contributed by atoms with E-state index < -0.39 is 5.97 Å². The Morgan fingerprint density at radius 3 is 2.57 bits per heavy atom. The summed E-state index contributed by atoms with van der Waals surface area (Å²) < 4.78 is 11.3. The summed E-state index contributed by atoms with van der Waals surface area (Å²) in [6, 6.07) is 22.3. The van der Waals surface area contributed by atoms with Crippen molar-refractivity contribution in [3.05, 3.63) is 99.9 Å². The predicted octanol–water partition coefficient (Wildman–Crippen LogP) is 6.75. The average Bonchev–Trinajstić information content (AvgIpc) is 3.35. The molecule has 2 heterocycles. The highest BCUT2D eigenvalue weighted by Gasteiger charge is 2.25. The van der Waals surface area contributed by atoms with Crippen LogP contribution >= 0.6 is 23.2 Å². The lowest BCUT2D eigenvalue weighted by Crippen LogP contribution is -2.05. The molecule has 4 aromatic rings. The number of halogens is 2. The first-order chi connectivity index (χ1) is 14.6. The van der Waals surface area contributed by atoms with Gasteiger partial charge in [0.15, 0.2) is 5.70 Å². The van der Waals surface area contributed by atoms with E-state index in [0.717, 1.165) is 16.3 Å². The van der Waals surface area contributed by atoms with Gasteiger partial charge in [-0.15, -0.1) is 0 Å². The van der Waals surface area contributed by atoms with E-state index in [1.807, 2.05) is 42.5 Å². The van der Waals surface area contributed by atoms with Crippen LogP contribution in [0.25, 0.3) is 28.2 Å². The summed E-state index contributed by atoms with van der Waals surface area (Å²) >= 11 is 12.2. The molecule has 1 aromatic heterocycles. The van der Waals surface area contributed by atoms with Crippen molar-refractivity contribution in [2.24, 2.45) is 4.99 Å². The van der Waals surface area contributed by atoms with Crippen molar-refractivity contribution < 1.29 is 13.9 Å². The molecule has 1 aliphatic heterocycles. The third-order valence-corrected chi connectivity index (χ3v) is 5.29. The lowest BCUT2D eigenvalue weighted by atomic mass is 10.0. The molecule has 0 saturated heterocycles. The molecule has 0 atom stereocenters. The van der Waals surface area contributed by atoms with Gasteiger partial charge in [0.05, 0.1) is 5.02 Å². The number of nitrogens with zero attached hydrogens (tertiary/aromatic N) is 1. The SMILES string of the molecule is O=C1OC(c2cccc3ccccc23)=NC1=Cc1ccc(-c2ccc(Cl)cc2Cl)o1. The van der Waals surface area contributed by atoms with Crippen LogP contribution in [0.4, 0.5) is 0 Å². The lowest BCUT2D eigenvalue weighted by Gasteiger charge is -2.04. The predicted molar refractivity (Wildman–Crippen MR) is 119 cm³/mol. The summed E-state index contributed by atoms with van der Waals surface area (Å²) in [5.41, 5.74) is 1.64. The number of hydrogen-bond acceptors (Lipinski definition) is 4. The molecule has 4 nitrogen and oxygen atoms in total. The normalized spacial score (nSPS) is 14.9. The van der Waals surface area contributed by atoms with E-state index in [2.05, 4.69) is 4.99 Å². The van der Waals surface area contributed by atoms with E-state index in [1.165, 1.54) is 0 Å². The van der Waals surface area contributed by atoms with Crippen LogP contribution in [0.15, 0.2) is 87.9 Å². The minimum absolute atomic E-state index is 0.168. The second-order valence-electron chi connectivity index (χ2n) is 6.69. The molecule has 0 fully saturated rings. The zero-order valence-corrected chi connectivity index (χ0v) is 16.9. The minimum Gasteiger partial charge on any atom is -0.457 e. The zero-order valence-electron chi connectivity index (χ0n) is 15.4. The molecule has 3 aromatic carbocycles. The number of carbonyl (C=O) groups excluding carboxylic acids is 1. The fourth-order valence-electron chi connectivity index (χ4n) is 3.34. The molecule has 0 saturated carbocycles. The fraction of sp³-hybridized carbons (Fsp3) is 0. The van der Waals surface area contributed by atoms with Gasteiger partial charge in [-0.25, -0.2) is 9.79 Å². The highest BCUT2D eigenvalue weighted by molar-refractivity contribution is 6.36. The van der Waals surface area contributed by atoms with Crippen LogP contribution in [-0.4, -0.2) is 11.9 Å². The summed E-state index contributed by atoms with van der Waals surface area (Å²) in [4.78, 5) is 16.8. The van der Waals surface area contributed by atoms with Gasteiger partial charge in [0.25, 0.3) is 0 Å². The monoisotopic (exact) mass is 433 g/mol. The number of aliphatic imine (C=N–C) groups is 1.